The molecule has 0 spiro atoms. The van der Waals surface area contributed by atoms with Gasteiger partial charge in [-0.15, -0.1) is 0 Å². The summed E-state index contributed by atoms with van der Waals surface area (Å²) in [5, 5.41) is 3.87. The highest BCUT2D eigenvalue weighted by molar-refractivity contribution is 5.88. The lowest BCUT2D eigenvalue weighted by atomic mass is 9.83. The van der Waals surface area contributed by atoms with E-state index in [9.17, 15) is 9.59 Å². The number of nitrogens with one attached hydrogen (secondary N) is 1. The first-order chi connectivity index (χ1) is 14.5. The summed E-state index contributed by atoms with van der Waals surface area (Å²) in [6.07, 6.45) is 6.93. The summed E-state index contributed by atoms with van der Waals surface area (Å²) in [5.74, 6) is 1.02. The molecule has 0 bridgehead atoms. The zero-order valence-corrected chi connectivity index (χ0v) is 18.0. The molecule has 2 saturated heterocycles. The molecule has 0 radical (unpaired) electrons. The molecule has 30 heavy (non-hydrogen) atoms. The monoisotopic (exact) mass is 412 g/mol. The van der Waals surface area contributed by atoms with E-state index in [0.29, 0.717) is 36.3 Å². The van der Waals surface area contributed by atoms with Crippen LogP contribution in [0.5, 0.6) is 5.75 Å². The van der Waals surface area contributed by atoms with Gasteiger partial charge in [0.15, 0.2) is 6.61 Å². The number of hydrogen-bond acceptors (Lipinski definition) is 5. The molecule has 1 amide bonds. The highest BCUT2D eigenvalue weighted by Crippen LogP contribution is 2.31. The molecule has 2 fully saturated rings. The Kier molecular flexibility index (Phi) is 6.42. The number of nitrogens with zero attached hydrogens (tertiary/aromatic N) is 1. The van der Waals surface area contributed by atoms with Gasteiger partial charge in [-0.05, 0) is 81.3 Å². The van der Waals surface area contributed by atoms with E-state index < -0.39 is 0 Å². The Morgan fingerprint density at radius 3 is 2.87 bits per heavy atom. The Morgan fingerprint density at radius 1 is 1.20 bits per heavy atom. The van der Waals surface area contributed by atoms with Crippen LogP contribution in [-0.4, -0.2) is 43.1 Å². The molecular formula is C24H32N2O4. The fourth-order valence-corrected chi connectivity index (χ4v) is 5.12. The fourth-order valence-electron chi connectivity index (χ4n) is 5.12. The SMILES string of the molecule is CCc1cc(=O)oc2cc(C)cc(OCC(=O)NC[C@@H]3CCCN4CCCC[C@@H]34)c12. The van der Waals surface area contributed by atoms with Crippen LogP contribution in [0.25, 0.3) is 11.0 Å². The quantitative estimate of drug-likeness (QED) is 0.736. The van der Waals surface area contributed by atoms with Crippen LogP contribution in [0.1, 0.15) is 50.2 Å². The van der Waals surface area contributed by atoms with Crippen LogP contribution in [0, 0.1) is 12.8 Å². The molecule has 0 saturated carbocycles. The summed E-state index contributed by atoms with van der Waals surface area (Å²) in [5.41, 5.74) is 1.94. The molecule has 0 unspecified atom stereocenters. The Labute approximate surface area is 177 Å². The molecule has 1 N–H and O–H groups in total. The van der Waals surface area contributed by atoms with Crippen molar-refractivity contribution in [3.8, 4) is 5.75 Å². The van der Waals surface area contributed by atoms with Crippen LogP contribution >= 0.6 is 0 Å². The molecule has 1 aromatic heterocycles. The summed E-state index contributed by atoms with van der Waals surface area (Å²) in [6.45, 7) is 6.99. The summed E-state index contributed by atoms with van der Waals surface area (Å²) in [6, 6.07) is 5.85. The minimum atomic E-state index is -0.363. The molecule has 6 nitrogen and oxygen atoms in total. The summed E-state index contributed by atoms with van der Waals surface area (Å²) >= 11 is 0. The maximum Gasteiger partial charge on any atom is 0.336 e. The van der Waals surface area contributed by atoms with E-state index in [-0.39, 0.29) is 18.1 Å². The van der Waals surface area contributed by atoms with Gasteiger partial charge in [0.25, 0.3) is 5.91 Å². The lowest BCUT2D eigenvalue weighted by molar-refractivity contribution is -0.123. The maximum absolute atomic E-state index is 12.5. The first kappa shape index (κ1) is 20.9. The molecule has 6 heteroatoms. The molecule has 3 heterocycles. The van der Waals surface area contributed by atoms with Crippen LogP contribution in [0.3, 0.4) is 0 Å². The van der Waals surface area contributed by atoms with Gasteiger partial charge < -0.3 is 19.4 Å². The number of piperidine rings is 2. The number of benzene rings is 1. The smallest absolute Gasteiger partial charge is 0.336 e. The zero-order valence-electron chi connectivity index (χ0n) is 18.0. The van der Waals surface area contributed by atoms with E-state index in [4.69, 9.17) is 9.15 Å². The predicted molar refractivity (Wildman–Crippen MR) is 117 cm³/mol. The molecule has 2 aliphatic heterocycles. The first-order valence-electron chi connectivity index (χ1n) is 11.3. The molecule has 1 aromatic carbocycles. The normalized spacial score (nSPS) is 21.9. The van der Waals surface area contributed by atoms with Crippen LogP contribution < -0.4 is 15.7 Å². The third kappa shape index (κ3) is 4.53. The van der Waals surface area contributed by atoms with Crippen molar-refractivity contribution in [1.29, 1.82) is 0 Å². The topological polar surface area (TPSA) is 71.8 Å². The van der Waals surface area contributed by atoms with Gasteiger partial charge >= 0.3 is 5.63 Å². The van der Waals surface area contributed by atoms with Gasteiger partial charge in [0, 0.05) is 18.7 Å². The number of amides is 1. The largest absolute Gasteiger partial charge is 0.483 e. The van der Waals surface area contributed by atoms with E-state index in [1.165, 1.54) is 51.3 Å². The Balaban J connectivity index is 1.40. The van der Waals surface area contributed by atoms with Crippen LogP contribution in [0.15, 0.2) is 27.4 Å². The maximum atomic E-state index is 12.5. The third-order valence-electron chi connectivity index (χ3n) is 6.56. The number of fused-ring (bicyclic) bond motifs is 2. The van der Waals surface area contributed by atoms with E-state index >= 15 is 0 Å². The summed E-state index contributed by atoms with van der Waals surface area (Å²) < 4.78 is 11.3. The fraction of sp³-hybridized carbons (Fsp3) is 0.583. The molecule has 2 aliphatic rings. The minimum Gasteiger partial charge on any atom is -0.483 e. The van der Waals surface area contributed by atoms with Crippen molar-refractivity contribution in [3.63, 3.8) is 0 Å². The average molecular weight is 413 g/mol. The standard InChI is InChI=1S/C24H32N2O4/c1-3-17-13-23(28)30-21-12-16(2)11-20(24(17)21)29-15-22(27)25-14-18-7-6-10-26-9-5-4-8-19(18)26/h11-13,18-19H,3-10,14-15H2,1-2H3,(H,25,27)/t18-,19-/m0/s1. The molecular weight excluding hydrogens is 380 g/mol. The average Bonchev–Trinajstić information content (AvgIpc) is 2.74. The Bertz CT molecular complexity index is 966. The van der Waals surface area contributed by atoms with E-state index in [2.05, 4.69) is 10.2 Å². The second kappa shape index (κ2) is 9.21. The molecule has 0 aliphatic carbocycles. The summed E-state index contributed by atoms with van der Waals surface area (Å²) in [7, 11) is 0. The number of carbonyl (C=O) groups excluding carboxylic acids is 1. The van der Waals surface area contributed by atoms with Crippen molar-refractivity contribution < 1.29 is 13.9 Å². The second-order valence-electron chi connectivity index (χ2n) is 8.67. The van der Waals surface area contributed by atoms with Gasteiger partial charge in [-0.25, -0.2) is 4.79 Å². The number of rotatable bonds is 6. The van der Waals surface area contributed by atoms with Gasteiger partial charge in [-0.3, -0.25) is 4.79 Å². The van der Waals surface area contributed by atoms with Gasteiger partial charge in [-0.2, -0.15) is 0 Å². The van der Waals surface area contributed by atoms with Crippen molar-refractivity contribution in [3.05, 3.63) is 39.7 Å². The van der Waals surface area contributed by atoms with Crippen molar-refractivity contribution >= 4 is 16.9 Å². The van der Waals surface area contributed by atoms with Crippen LogP contribution in [-0.2, 0) is 11.2 Å². The Hall–Kier alpha value is -2.34. The van der Waals surface area contributed by atoms with Gasteiger partial charge in [0.1, 0.15) is 11.3 Å². The first-order valence-corrected chi connectivity index (χ1v) is 11.3. The van der Waals surface area contributed by atoms with E-state index in [1.807, 2.05) is 26.0 Å². The van der Waals surface area contributed by atoms with E-state index in [0.717, 1.165) is 16.5 Å². The highest BCUT2D eigenvalue weighted by Gasteiger charge is 2.32. The highest BCUT2D eigenvalue weighted by atomic mass is 16.5. The molecule has 2 atom stereocenters. The summed E-state index contributed by atoms with van der Waals surface area (Å²) in [4.78, 5) is 26.9. The van der Waals surface area contributed by atoms with Gasteiger partial charge in [0.05, 0.1) is 5.39 Å². The van der Waals surface area contributed by atoms with Crippen LogP contribution in [0.2, 0.25) is 0 Å². The molecule has 4 rings (SSSR count). The molecule has 2 aromatic rings. The number of aryl methyl sites for hydroxylation is 2. The van der Waals surface area contributed by atoms with Crippen molar-refractivity contribution in [2.75, 3.05) is 26.2 Å². The zero-order chi connectivity index (χ0) is 21.1. The third-order valence-corrected chi connectivity index (χ3v) is 6.56. The van der Waals surface area contributed by atoms with E-state index in [1.54, 1.807) is 0 Å². The van der Waals surface area contributed by atoms with Gasteiger partial charge in [0.2, 0.25) is 0 Å². The van der Waals surface area contributed by atoms with Crippen molar-refractivity contribution in [1.82, 2.24) is 10.2 Å². The Morgan fingerprint density at radius 2 is 2.03 bits per heavy atom. The lowest BCUT2D eigenvalue weighted by Crippen LogP contribution is -2.51. The van der Waals surface area contributed by atoms with Crippen LogP contribution in [0.4, 0.5) is 0 Å². The second-order valence-corrected chi connectivity index (χ2v) is 8.67. The molecule has 162 valence electrons. The predicted octanol–water partition coefficient (Wildman–Crippen LogP) is 3.42. The number of hydrogen-bond donors (Lipinski definition) is 1. The minimum absolute atomic E-state index is 0.0397. The van der Waals surface area contributed by atoms with Gasteiger partial charge in [-0.1, -0.05) is 13.3 Å². The number of ether oxygens (including phenoxy) is 1. The lowest BCUT2D eigenvalue weighted by Gasteiger charge is -2.44. The van der Waals surface area contributed by atoms with Crippen molar-refractivity contribution in [2.24, 2.45) is 5.92 Å². The number of carbonyl (C=O) groups is 1. The van der Waals surface area contributed by atoms with Crippen molar-refractivity contribution in [2.45, 2.75) is 58.4 Å².